The van der Waals surface area contributed by atoms with E-state index >= 15 is 0 Å². The number of nitrogens with one attached hydrogen (secondary N) is 2. The molecule has 0 saturated carbocycles. The number of nitrogens with zero attached hydrogens (tertiary/aromatic N) is 4. The van der Waals surface area contributed by atoms with Crippen LogP contribution in [0.25, 0.3) is 10.6 Å². The monoisotopic (exact) mass is 352 g/mol. The number of anilines is 1. The number of hydrogen-bond donors (Lipinski definition) is 2. The molecule has 4 heterocycles. The first-order valence-electron chi connectivity index (χ1n) is 8.45. The van der Waals surface area contributed by atoms with Gasteiger partial charge in [-0.05, 0) is 32.0 Å². The first kappa shape index (κ1) is 16.1. The Morgan fingerprint density at radius 2 is 2.24 bits per heavy atom. The molecule has 0 atom stereocenters. The van der Waals surface area contributed by atoms with E-state index in [1.54, 1.807) is 17.5 Å². The Bertz CT molecular complexity index is 861. The molecule has 128 valence electrons. The summed E-state index contributed by atoms with van der Waals surface area (Å²) in [6.45, 7) is 4.57. The van der Waals surface area contributed by atoms with Crippen LogP contribution >= 0.6 is 11.3 Å². The van der Waals surface area contributed by atoms with Gasteiger partial charge in [0.15, 0.2) is 0 Å². The van der Waals surface area contributed by atoms with Crippen molar-refractivity contribution >= 4 is 17.2 Å². The molecule has 0 saturated heterocycles. The highest BCUT2D eigenvalue weighted by Gasteiger charge is 2.16. The zero-order valence-electron chi connectivity index (χ0n) is 14.1. The summed E-state index contributed by atoms with van der Waals surface area (Å²) in [7, 11) is 0. The van der Waals surface area contributed by atoms with Crippen molar-refractivity contribution in [1.82, 2.24) is 25.3 Å². The van der Waals surface area contributed by atoms with Crippen molar-refractivity contribution in [2.75, 3.05) is 18.4 Å². The van der Waals surface area contributed by atoms with E-state index in [-0.39, 0.29) is 0 Å². The zero-order valence-corrected chi connectivity index (χ0v) is 14.9. The molecule has 6 nitrogen and oxygen atoms in total. The highest BCUT2D eigenvalue weighted by atomic mass is 32.1. The molecule has 0 amide bonds. The zero-order chi connectivity index (χ0) is 17.1. The van der Waals surface area contributed by atoms with Gasteiger partial charge in [-0.15, -0.1) is 11.3 Å². The van der Waals surface area contributed by atoms with Gasteiger partial charge in [-0.25, -0.2) is 15.0 Å². The van der Waals surface area contributed by atoms with Crippen LogP contribution < -0.4 is 10.6 Å². The predicted octanol–water partition coefficient (Wildman–Crippen LogP) is 2.60. The molecule has 0 bridgehead atoms. The molecule has 1 aliphatic heterocycles. The first-order valence-corrected chi connectivity index (χ1v) is 9.33. The minimum absolute atomic E-state index is 0.812. The quantitative estimate of drug-likeness (QED) is 0.735. The number of aryl methyl sites for hydroxylation is 1. The molecule has 7 heteroatoms. The van der Waals surface area contributed by atoms with Gasteiger partial charge in [0.2, 0.25) is 0 Å². The van der Waals surface area contributed by atoms with Gasteiger partial charge in [-0.3, -0.25) is 4.98 Å². The topological polar surface area (TPSA) is 75.6 Å². The third-order valence-electron chi connectivity index (χ3n) is 4.18. The van der Waals surface area contributed by atoms with Crippen LogP contribution in [0.2, 0.25) is 0 Å². The largest absolute Gasteiger partial charge is 0.369 e. The van der Waals surface area contributed by atoms with E-state index in [2.05, 4.69) is 31.0 Å². The molecule has 0 aromatic carbocycles. The van der Waals surface area contributed by atoms with E-state index in [0.29, 0.717) is 0 Å². The molecular weight excluding hydrogens is 332 g/mol. The van der Waals surface area contributed by atoms with Crippen LogP contribution in [-0.2, 0) is 19.4 Å². The molecule has 3 aromatic rings. The number of thiazole rings is 1. The van der Waals surface area contributed by atoms with Gasteiger partial charge in [0.05, 0.1) is 11.4 Å². The van der Waals surface area contributed by atoms with E-state index in [1.165, 1.54) is 5.56 Å². The Morgan fingerprint density at radius 1 is 1.28 bits per heavy atom. The summed E-state index contributed by atoms with van der Waals surface area (Å²) in [5, 5.41) is 9.99. The summed E-state index contributed by atoms with van der Waals surface area (Å²) >= 11 is 1.66. The lowest BCUT2D eigenvalue weighted by Crippen LogP contribution is -2.27. The number of pyridine rings is 1. The maximum Gasteiger partial charge on any atom is 0.133 e. The second-order valence-electron chi connectivity index (χ2n) is 6.03. The normalized spacial score (nSPS) is 13.5. The van der Waals surface area contributed by atoms with Crippen molar-refractivity contribution in [3.05, 3.63) is 52.7 Å². The SMILES string of the molecule is Cc1nc2c(c(NCCc3csc(-c4cccnc4)n3)n1)CCNC2. The molecule has 3 aromatic heterocycles. The minimum Gasteiger partial charge on any atom is -0.369 e. The fourth-order valence-corrected chi connectivity index (χ4v) is 3.83. The van der Waals surface area contributed by atoms with Crippen LogP contribution in [0, 0.1) is 6.92 Å². The average molecular weight is 352 g/mol. The maximum atomic E-state index is 4.71. The fraction of sp³-hybridized carbons (Fsp3) is 0.333. The Hall–Kier alpha value is -2.38. The summed E-state index contributed by atoms with van der Waals surface area (Å²) in [5.41, 5.74) is 4.53. The van der Waals surface area contributed by atoms with Gasteiger partial charge in [0, 0.05) is 48.4 Å². The van der Waals surface area contributed by atoms with Gasteiger partial charge in [-0.1, -0.05) is 0 Å². The highest BCUT2D eigenvalue weighted by Crippen LogP contribution is 2.23. The van der Waals surface area contributed by atoms with Gasteiger partial charge >= 0.3 is 0 Å². The van der Waals surface area contributed by atoms with Crippen LogP contribution in [0.5, 0.6) is 0 Å². The number of aromatic nitrogens is 4. The third kappa shape index (κ3) is 3.67. The smallest absolute Gasteiger partial charge is 0.133 e. The van der Waals surface area contributed by atoms with Crippen molar-refractivity contribution in [1.29, 1.82) is 0 Å². The van der Waals surface area contributed by atoms with Crippen LogP contribution in [-0.4, -0.2) is 33.0 Å². The molecule has 2 N–H and O–H groups in total. The number of fused-ring (bicyclic) bond motifs is 1. The molecule has 0 unspecified atom stereocenters. The molecule has 0 aliphatic carbocycles. The van der Waals surface area contributed by atoms with Crippen LogP contribution in [0.4, 0.5) is 5.82 Å². The van der Waals surface area contributed by atoms with Crippen molar-refractivity contribution in [2.24, 2.45) is 0 Å². The summed E-state index contributed by atoms with van der Waals surface area (Å²) in [6.07, 6.45) is 5.47. The molecule has 25 heavy (non-hydrogen) atoms. The highest BCUT2D eigenvalue weighted by molar-refractivity contribution is 7.13. The molecule has 4 rings (SSSR count). The Labute approximate surface area is 150 Å². The molecular formula is C18H20N6S. The fourth-order valence-electron chi connectivity index (χ4n) is 2.98. The van der Waals surface area contributed by atoms with E-state index in [1.807, 2.05) is 25.3 Å². The molecule has 1 aliphatic rings. The lowest BCUT2D eigenvalue weighted by molar-refractivity contribution is 0.621. The van der Waals surface area contributed by atoms with E-state index in [0.717, 1.165) is 66.1 Å². The predicted molar refractivity (Wildman–Crippen MR) is 99.7 cm³/mol. The van der Waals surface area contributed by atoms with Crippen LogP contribution in [0.3, 0.4) is 0 Å². The molecule has 0 fully saturated rings. The summed E-state index contributed by atoms with van der Waals surface area (Å²) in [4.78, 5) is 18.0. The second kappa shape index (κ2) is 7.25. The second-order valence-corrected chi connectivity index (χ2v) is 6.89. The minimum atomic E-state index is 0.812. The van der Waals surface area contributed by atoms with Gasteiger partial charge < -0.3 is 10.6 Å². The lowest BCUT2D eigenvalue weighted by atomic mass is 10.1. The third-order valence-corrected chi connectivity index (χ3v) is 5.12. The lowest BCUT2D eigenvalue weighted by Gasteiger charge is -2.20. The standard InChI is InChI=1S/C18H20N6S/c1-12-22-16-10-20-7-5-15(16)17(23-12)21-8-4-14-11-25-18(24-14)13-3-2-6-19-9-13/h2-3,6,9,11,20H,4-5,7-8,10H2,1H3,(H,21,22,23). The van der Waals surface area contributed by atoms with Gasteiger partial charge in [0.1, 0.15) is 16.6 Å². The van der Waals surface area contributed by atoms with Crippen molar-refractivity contribution in [2.45, 2.75) is 26.3 Å². The Morgan fingerprint density at radius 3 is 3.12 bits per heavy atom. The number of rotatable bonds is 5. The number of hydrogen-bond acceptors (Lipinski definition) is 7. The van der Waals surface area contributed by atoms with Crippen LogP contribution in [0.1, 0.15) is 22.8 Å². The van der Waals surface area contributed by atoms with E-state index in [9.17, 15) is 0 Å². The van der Waals surface area contributed by atoms with Crippen LogP contribution in [0.15, 0.2) is 29.9 Å². The van der Waals surface area contributed by atoms with E-state index < -0.39 is 0 Å². The van der Waals surface area contributed by atoms with E-state index in [4.69, 9.17) is 4.98 Å². The molecule has 0 radical (unpaired) electrons. The van der Waals surface area contributed by atoms with Crippen molar-refractivity contribution in [3.63, 3.8) is 0 Å². The average Bonchev–Trinajstić information content (AvgIpc) is 3.11. The van der Waals surface area contributed by atoms with Crippen molar-refractivity contribution in [3.8, 4) is 10.6 Å². The Kier molecular flexibility index (Phi) is 4.67. The maximum absolute atomic E-state index is 4.71. The first-order chi connectivity index (χ1) is 12.3. The van der Waals surface area contributed by atoms with Crippen molar-refractivity contribution < 1.29 is 0 Å². The van der Waals surface area contributed by atoms with Gasteiger partial charge in [-0.2, -0.15) is 0 Å². The summed E-state index contributed by atoms with van der Waals surface area (Å²) in [5.74, 6) is 1.80. The van der Waals surface area contributed by atoms with Gasteiger partial charge in [0.25, 0.3) is 0 Å². The molecule has 0 spiro atoms. The Balaban J connectivity index is 1.42. The summed E-state index contributed by atoms with van der Waals surface area (Å²) in [6, 6.07) is 3.98. The summed E-state index contributed by atoms with van der Waals surface area (Å²) < 4.78 is 0.